The first-order valence-corrected chi connectivity index (χ1v) is 8.41. The standard InChI is InChI=1S/C20H17NO4/c1-12-7-14-11-24-19(22)20(14,9-12)10-13-4-5-15-17(8-13)25-18(21-15)16-3-2-6-23-16/h2-6,8,14H,1,7,9-11H2. The fourth-order valence-corrected chi connectivity index (χ4v) is 4.21. The molecule has 2 fully saturated rings. The quantitative estimate of drug-likeness (QED) is 0.531. The highest BCUT2D eigenvalue weighted by molar-refractivity contribution is 5.82. The molecule has 0 radical (unpaired) electrons. The van der Waals surface area contributed by atoms with Gasteiger partial charge in [-0.2, -0.15) is 0 Å². The zero-order chi connectivity index (χ0) is 17.0. The molecule has 2 aromatic heterocycles. The molecule has 2 aliphatic rings. The summed E-state index contributed by atoms with van der Waals surface area (Å²) in [5.74, 6) is 1.20. The molecule has 1 aliphatic carbocycles. The van der Waals surface area contributed by atoms with Crippen molar-refractivity contribution in [2.45, 2.75) is 19.3 Å². The zero-order valence-electron chi connectivity index (χ0n) is 13.7. The Balaban J connectivity index is 1.51. The van der Waals surface area contributed by atoms with Crippen LogP contribution in [0.5, 0.6) is 0 Å². The molecule has 25 heavy (non-hydrogen) atoms. The molecule has 1 aromatic carbocycles. The summed E-state index contributed by atoms with van der Waals surface area (Å²) in [5.41, 5.74) is 3.19. The lowest BCUT2D eigenvalue weighted by Crippen LogP contribution is -2.31. The summed E-state index contributed by atoms with van der Waals surface area (Å²) < 4.78 is 16.5. The van der Waals surface area contributed by atoms with Crippen LogP contribution in [0.4, 0.5) is 0 Å². The third-order valence-electron chi connectivity index (χ3n) is 5.41. The molecule has 2 unspecified atom stereocenters. The van der Waals surface area contributed by atoms with Crippen LogP contribution in [-0.2, 0) is 16.0 Å². The number of oxazole rings is 1. The average molecular weight is 335 g/mol. The molecule has 0 N–H and O–H groups in total. The molecule has 3 aromatic rings. The second-order valence-electron chi connectivity index (χ2n) is 7.06. The molecule has 0 spiro atoms. The van der Waals surface area contributed by atoms with Crippen LogP contribution in [0.1, 0.15) is 18.4 Å². The molecule has 0 bridgehead atoms. The number of ether oxygens (including phenoxy) is 1. The van der Waals surface area contributed by atoms with Gasteiger partial charge in [0.1, 0.15) is 5.52 Å². The van der Waals surface area contributed by atoms with Crippen molar-refractivity contribution in [3.05, 3.63) is 54.3 Å². The Morgan fingerprint density at radius 3 is 3.08 bits per heavy atom. The number of esters is 1. The SMILES string of the molecule is C=C1CC2COC(=O)C2(Cc2ccc3nc(-c4ccco4)oc3c2)C1. The van der Waals surface area contributed by atoms with E-state index in [1.807, 2.05) is 24.3 Å². The second-order valence-corrected chi connectivity index (χ2v) is 7.06. The molecule has 1 aliphatic heterocycles. The van der Waals surface area contributed by atoms with Gasteiger partial charge in [-0.15, -0.1) is 0 Å². The number of carbonyl (C=O) groups is 1. The van der Waals surface area contributed by atoms with Crippen LogP contribution in [0, 0.1) is 11.3 Å². The summed E-state index contributed by atoms with van der Waals surface area (Å²) in [7, 11) is 0. The first-order valence-electron chi connectivity index (χ1n) is 8.41. The summed E-state index contributed by atoms with van der Waals surface area (Å²) in [6.45, 7) is 4.60. The smallest absolute Gasteiger partial charge is 0.313 e. The minimum atomic E-state index is -0.464. The predicted molar refractivity (Wildman–Crippen MR) is 90.7 cm³/mol. The average Bonchev–Trinajstić information content (AvgIpc) is 3.33. The van der Waals surface area contributed by atoms with Crippen LogP contribution in [0.15, 0.2) is 57.6 Å². The van der Waals surface area contributed by atoms with E-state index >= 15 is 0 Å². The van der Waals surface area contributed by atoms with Crippen molar-refractivity contribution in [3.63, 3.8) is 0 Å². The normalized spacial score (nSPS) is 25.5. The van der Waals surface area contributed by atoms with Gasteiger partial charge >= 0.3 is 5.97 Å². The number of nitrogens with zero attached hydrogens (tertiary/aromatic N) is 1. The number of hydrogen-bond donors (Lipinski definition) is 0. The van der Waals surface area contributed by atoms with E-state index in [-0.39, 0.29) is 11.9 Å². The highest BCUT2D eigenvalue weighted by atomic mass is 16.5. The van der Waals surface area contributed by atoms with Crippen molar-refractivity contribution in [2.24, 2.45) is 11.3 Å². The van der Waals surface area contributed by atoms with E-state index in [0.717, 1.165) is 23.1 Å². The molecule has 1 saturated heterocycles. The molecular formula is C20H17NO4. The van der Waals surface area contributed by atoms with Gasteiger partial charge in [0.2, 0.25) is 0 Å². The molecule has 2 atom stereocenters. The highest BCUT2D eigenvalue weighted by Crippen LogP contribution is 2.52. The maximum Gasteiger partial charge on any atom is 0.313 e. The summed E-state index contributed by atoms with van der Waals surface area (Å²) in [6.07, 6.45) is 3.82. The van der Waals surface area contributed by atoms with Crippen molar-refractivity contribution < 1.29 is 18.4 Å². The summed E-state index contributed by atoms with van der Waals surface area (Å²) in [4.78, 5) is 16.9. The minimum absolute atomic E-state index is 0.0925. The lowest BCUT2D eigenvalue weighted by molar-refractivity contribution is -0.146. The molecule has 3 heterocycles. The molecule has 5 rings (SSSR count). The Kier molecular flexibility index (Phi) is 2.95. The fraction of sp³-hybridized carbons (Fsp3) is 0.300. The van der Waals surface area contributed by atoms with Gasteiger partial charge in [0, 0.05) is 5.92 Å². The van der Waals surface area contributed by atoms with Crippen LogP contribution >= 0.6 is 0 Å². The van der Waals surface area contributed by atoms with Crippen LogP contribution in [0.2, 0.25) is 0 Å². The van der Waals surface area contributed by atoms with Gasteiger partial charge in [-0.05, 0) is 49.1 Å². The first-order chi connectivity index (χ1) is 12.1. The second kappa shape index (κ2) is 5.09. The maximum absolute atomic E-state index is 12.4. The Morgan fingerprint density at radius 1 is 1.32 bits per heavy atom. The van der Waals surface area contributed by atoms with Crippen LogP contribution in [0.3, 0.4) is 0 Å². The fourth-order valence-electron chi connectivity index (χ4n) is 4.21. The third-order valence-corrected chi connectivity index (χ3v) is 5.41. The van der Waals surface area contributed by atoms with Gasteiger partial charge in [-0.25, -0.2) is 4.98 Å². The topological polar surface area (TPSA) is 65.5 Å². The number of rotatable bonds is 3. The largest absolute Gasteiger partial charge is 0.465 e. The van der Waals surface area contributed by atoms with Crippen LogP contribution in [-0.4, -0.2) is 17.6 Å². The van der Waals surface area contributed by atoms with Gasteiger partial charge in [0.05, 0.1) is 18.3 Å². The van der Waals surface area contributed by atoms with Gasteiger partial charge in [0.15, 0.2) is 11.3 Å². The van der Waals surface area contributed by atoms with Gasteiger partial charge < -0.3 is 13.6 Å². The number of furan rings is 1. The van der Waals surface area contributed by atoms with Crippen LogP contribution in [0.25, 0.3) is 22.8 Å². The summed E-state index contributed by atoms with van der Waals surface area (Å²) in [6, 6.07) is 9.51. The number of hydrogen-bond acceptors (Lipinski definition) is 5. The predicted octanol–water partition coefficient (Wildman–Crippen LogP) is 4.14. The molecular weight excluding hydrogens is 318 g/mol. The molecule has 1 saturated carbocycles. The number of benzene rings is 1. The Bertz CT molecular complexity index is 984. The van der Waals surface area contributed by atoms with E-state index < -0.39 is 5.41 Å². The summed E-state index contributed by atoms with van der Waals surface area (Å²) in [5, 5.41) is 0. The molecule has 0 amide bonds. The minimum Gasteiger partial charge on any atom is -0.465 e. The maximum atomic E-state index is 12.4. The lowest BCUT2D eigenvalue weighted by atomic mass is 9.75. The highest BCUT2D eigenvalue weighted by Gasteiger charge is 2.55. The number of fused-ring (bicyclic) bond motifs is 2. The monoisotopic (exact) mass is 335 g/mol. The molecule has 5 heteroatoms. The van der Waals surface area contributed by atoms with Crippen molar-refractivity contribution in [1.29, 1.82) is 0 Å². The zero-order valence-corrected chi connectivity index (χ0v) is 13.7. The van der Waals surface area contributed by atoms with Crippen molar-refractivity contribution in [1.82, 2.24) is 4.98 Å². The Morgan fingerprint density at radius 2 is 2.24 bits per heavy atom. The van der Waals surface area contributed by atoms with E-state index in [4.69, 9.17) is 13.6 Å². The third kappa shape index (κ3) is 2.15. The van der Waals surface area contributed by atoms with E-state index in [2.05, 4.69) is 11.6 Å². The number of cyclic esters (lactones) is 1. The van der Waals surface area contributed by atoms with Gasteiger partial charge in [-0.3, -0.25) is 4.79 Å². The molecule has 126 valence electrons. The van der Waals surface area contributed by atoms with E-state index in [0.29, 0.717) is 36.7 Å². The number of aromatic nitrogens is 1. The first kappa shape index (κ1) is 14.5. The van der Waals surface area contributed by atoms with Gasteiger partial charge in [0.25, 0.3) is 5.89 Å². The van der Waals surface area contributed by atoms with E-state index in [9.17, 15) is 4.79 Å². The molecule has 5 nitrogen and oxygen atoms in total. The van der Waals surface area contributed by atoms with E-state index in [1.54, 1.807) is 12.3 Å². The lowest BCUT2D eigenvalue weighted by Gasteiger charge is -2.23. The Hall–Kier alpha value is -2.82. The van der Waals surface area contributed by atoms with Gasteiger partial charge in [-0.1, -0.05) is 18.2 Å². The van der Waals surface area contributed by atoms with E-state index in [1.165, 1.54) is 0 Å². The van der Waals surface area contributed by atoms with Crippen molar-refractivity contribution in [2.75, 3.05) is 6.61 Å². The summed E-state index contributed by atoms with van der Waals surface area (Å²) >= 11 is 0. The number of carbonyl (C=O) groups excluding carboxylic acids is 1. The van der Waals surface area contributed by atoms with Crippen molar-refractivity contribution >= 4 is 17.1 Å². The Labute approximate surface area is 144 Å². The van der Waals surface area contributed by atoms with Crippen molar-refractivity contribution in [3.8, 4) is 11.7 Å². The number of allylic oxidation sites excluding steroid dienone is 1. The van der Waals surface area contributed by atoms with Crippen LogP contribution < -0.4 is 0 Å².